The highest BCUT2D eigenvalue weighted by Crippen LogP contribution is 2.41. The van der Waals surface area contributed by atoms with Gasteiger partial charge in [-0.1, -0.05) is 103 Å². The Bertz CT molecular complexity index is 1610. The molecule has 26 heavy (non-hydrogen) atoms. The van der Waals surface area contributed by atoms with Crippen molar-refractivity contribution in [3.63, 3.8) is 0 Å². The van der Waals surface area contributed by atoms with Crippen molar-refractivity contribution < 1.29 is 11.0 Å². The van der Waals surface area contributed by atoms with Gasteiger partial charge in [-0.25, -0.2) is 0 Å². The Morgan fingerprint density at radius 1 is 0.577 bits per heavy atom. The lowest BCUT2D eigenvalue weighted by Gasteiger charge is -2.16. The monoisotopic (exact) mass is 338 g/mol. The van der Waals surface area contributed by atoms with Gasteiger partial charge in [0.05, 0.1) is 11.0 Å². The molecule has 0 unspecified atom stereocenters. The first kappa shape index (κ1) is 8.82. The summed E-state index contributed by atoms with van der Waals surface area (Å²) in [6.07, 6.45) is 0. The van der Waals surface area contributed by atoms with E-state index < -0.39 is 12.1 Å². The molecule has 0 bridgehead atoms. The zero-order valence-electron chi connectivity index (χ0n) is 21.8. The Morgan fingerprint density at radius 3 is 2.00 bits per heavy atom. The summed E-state index contributed by atoms with van der Waals surface area (Å²) in [5.41, 5.74) is 2.05. The Kier molecular flexibility index (Phi) is 2.09. The molecule has 0 aliphatic rings. The zero-order chi connectivity index (χ0) is 24.3. The molecule has 5 aromatic rings. The first-order valence-electron chi connectivity index (χ1n) is 12.3. The molecule has 0 radical (unpaired) electrons. The summed E-state index contributed by atoms with van der Waals surface area (Å²) in [6.45, 7) is 0. The highest BCUT2D eigenvalue weighted by atomic mass is 14.2. The van der Waals surface area contributed by atoms with Gasteiger partial charge in [0.2, 0.25) is 0 Å². The molecule has 0 nitrogen and oxygen atoms in total. The van der Waals surface area contributed by atoms with Crippen LogP contribution >= 0.6 is 0 Å². The molecule has 0 saturated heterocycles. The topological polar surface area (TPSA) is 0 Å². The molecule has 0 heteroatoms. The lowest BCUT2D eigenvalue weighted by atomic mass is 9.88. The van der Waals surface area contributed by atoms with E-state index in [9.17, 15) is 0 Å². The van der Waals surface area contributed by atoms with E-state index in [1.807, 2.05) is 12.1 Å². The smallest absolute Gasteiger partial charge is 0.0622 e. The van der Waals surface area contributed by atoms with Crippen molar-refractivity contribution in [1.82, 2.24) is 0 Å². The first-order chi connectivity index (χ1) is 16.3. The lowest BCUT2D eigenvalue weighted by molar-refractivity contribution is 1.64. The van der Waals surface area contributed by atoms with Crippen LogP contribution in [0.25, 0.3) is 43.8 Å². The van der Waals surface area contributed by atoms with E-state index >= 15 is 0 Å². The number of benzene rings is 5. The normalized spacial score (nSPS) is 15.4. The molecular weight excluding hydrogens is 312 g/mol. The van der Waals surface area contributed by atoms with E-state index in [4.69, 9.17) is 11.0 Å². The summed E-state index contributed by atoms with van der Waals surface area (Å²) in [6, 6.07) is 15.5. The van der Waals surface area contributed by atoms with Crippen molar-refractivity contribution in [3.05, 3.63) is 109 Å². The predicted molar refractivity (Wildman–Crippen MR) is 112 cm³/mol. The summed E-state index contributed by atoms with van der Waals surface area (Å²) in [4.78, 5) is 0. The van der Waals surface area contributed by atoms with Crippen LogP contribution in [0.15, 0.2) is 109 Å². The van der Waals surface area contributed by atoms with Crippen molar-refractivity contribution in [2.45, 2.75) is 0 Å². The van der Waals surface area contributed by atoms with Gasteiger partial charge >= 0.3 is 0 Å². The van der Waals surface area contributed by atoms with E-state index in [-0.39, 0.29) is 52.4 Å². The maximum atomic E-state index is 8.95. The van der Waals surface area contributed by atoms with Crippen LogP contribution < -0.4 is 0 Å². The van der Waals surface area contributed by atoms with Crippen molar-refractivity contribution in [3.8, 4) is 22.3 Å². The molecule has 0 heterocycles. The predicted octanol–water partition coefficient (Wildman–Crippen LogP) is 7.33. The van der Waals surface area contributed by atoms with Gasteiger partial charge in [0.1, 0.15) is 0 Å². The molecule has 0 spiro atoms. The summed E-state index contributed by atoms with van der Waals surface area (Å²) >= 11 is 0. The number of fused-ring (bicyclic) bond motifs is 2. The third-order valence-electron chi connectivity index (χ3n) is 4.44. The second kappa shape index (κ2) is 6.16. The molecule has 0 atom stereocenters. The molecule has 0 saturated carbocycles. The van der Waals surface area contributed by atoms with Gasteiger partial charge < -0.3 is 0 Å². The summed E-state index contributed by atoms with van der Waals surface area (Å²) in [5.74, 6) is 0. The van der Waals surface area contributed by atoms with Gasteiger partial charge in [-0.3, -0.25) is 0 Å². The second-order valence-corrected chi connectivity index (χ2v) is 5.98. The van der Waals surface area contributed by atoms with E-state index in [0.29, 0.717) is 27.6 Å². The van der Waals surface area contributed by atoms with E-state index in [1.165, 1.54) is 0 Å². The molecule has 0 amide bonds. The Morgan fingerprint density at radius 2 is 1.23 bits per heavy atom. The molecule has 5 aromatic carbocycles. The summed E-state index contributed by atoms with van der Waals surface area (Å²) in [7, 11) is 0. The third-order valence-corrected chi connectivity index (χ3v) is 4.44. The van der Waals surface area contributed by atoms with Crippen molar-refractivity contribution in [1.29, 1.82) is 0 Å². The van der Waals surface area contributed by atoms with Gasteiger partial charge in [-0.05, 0) is 49.8 Å². The molecule has 5 rings (SSSR count). The van der Waals surface area contributed by atoms with Crippen LogP contribution in [-0.2, 0) is 0 Å². The fraction of sp³-hybridized carbons (Fsp3) is 0. The average molecular weight is 338 g/mol. The van der Waals surface area contributed by atoms with Gasteiger partial charge in [-0.15, -0.1) is 0 Å². The molecule has 0 aliphatic carbocycles. The van der Waals surface area contributed by atoms with Crippen LogP contribution in [-0.4, -0.2) is 0 Å². The largest absolute Gasteiger partial charge is 0.0636 e. The SMILES string of the molecule is [2H]c1c([2H])c([2H])c2c(-c3ccccc3)c3c(-c4ccccc4)c([2H])c([2H])c([2H])c3c([2H])c2c1[2H]. The van der Waals surface area contributed by atoms with Crippen molar-refractivity contribution in [2.24, 2.45) is 0 Å². The Balaban J connectivity index is 2.22. The summed E-state index contributed by atoms with van der Waals surface area (Å²) in [5, 5.41) is 0.632. The number of hydrogen-bond acceptors (Lipinski definition) is 0. The fourth-order valence-corrected chi connectivity index (χ4v) is 3.31. The van der Waals surface area contributed by atoms with Crippen LogP contribution in [0.3, 0.4) is 0 Å². The molecule has 0 N–H and O–H groups in total. The summed E-state index contributed by atoms with van der Waals surface area (Å²) < 4.78 is 68.5. The molecule has 0 fully saturated rings. The van der Waals surface area contributed by atoms with Crippen molar-refractivity contribution >= 4 is 21.5 Å². The molecule has 0 aromatic heterocycles. The minimum atomic E-state index is -0.456. The van der Waals surface area contributed by atoms with E-state index in [0.717, 1.165) is 0 Å². The lowest BCUT2D eigenvalue weighted by Crippen LogP contribution is -1.89. The first-order valence-corrected chi connectivity index (χ1v) is 8.32. The standard InChI is InChI=1S/C26H18/c1-3-10-19(11-4-1)23-17-9-15-22-18-21-14-7-8-16-24(21)25(26(22)23)20-12-5-2-6-13-20/h1-18H/i7D,8D,9D,14D,15D,16D,17D,18D. The number of hydrogen-bond donors (Lipinski definition) is 0. The third kappa shape index (κ3) is 2.39. The van der Waals surface area contributed by atoms with Crippen LogP contribution in [0.4, 0.5) is 0 Å². The van der Waals surface area contributed by atoms with Crippen LogP contribution in [0, 0.1) is 0 Å². The highest BCUT2D eigenvalue weighted by Gasteiger charge is 2.13. The Labute approximate surface area is 164 Å². The quantitative estimate of drug-likeness (QED) is 0.296. The van der Waals surface area contributed by atoms with Gasteiger partial charge in [0.15, 0.2) is 0 Å². The Hall–Kier alpha value is -3.38. The maximum absolute atomic E-state index is 8.95. The highest BCUT2D eigenvalue weighted by molar-refractivity contribution is 6.17. The van der Waals surface area contributed by atoms with Crippen molar-refractivity contribution in [2.75, 3.05) is 0 Å². The van der Waals surface area contributed by atoms with E-state index in [1.54, 1.807) is 48.5 Å². The van der Waals surface area contributed by atoms with Crippen LogP contribution in [0.5, 0.6) is 0 Å². The maximum Gasteiger partial charge on any atom is 0.0636 e. The molecular formula is C26H18. The molecule has 0 aliphatic heterocycles. The van der Waals surface area contributed by atoms with Gasteiger partial charge in [0.25, 0.3) is 0 Å². The fourth-order valence-electron chi connectivity index (χ4n) is 3.31. The minimum Gasteiger partial charge on any atom is -0.0622 e. The van der Waals surface area contributed by atoms with E-state index in [2.05, 4.69) is 0 Å². The van der Waals surface area contributed by atoms with Crippen LogP contribution in [0.2, 0.25) is 0 Å². The number of rotatable bonds is 2. The second-order valence-electron chi connectivity index (χ2n) is 5.98. The van der Waals surface area contributed by atoms with Gasteiger partial charge in [-0.2, -0.15) is 0 Å². The average Bonchev–Trinajstić information content (AvgIpc) is 2.85. The zero-order valence-corrected chi connectivity index (χ0v) is 13.8. The van der Waals surface area contributed by atoms with Crippen LogP contribution in [0.1, 0.15) is 11.0 Å². The molecule has 122 valence electrons. The van der Waals surface area contributed by atoms with Gasteiger partial charge in [0, 0.05) is 0 Å². The minimum absolute atomic E-state index is 0.00185.